The Morgan fingerprint density at radius 1 is 1.36 bits per heavy atom. The molecule has 2 atom stereocenters. The molecule has 2 N–H and O–H groups in total. The Morgan fingerprint density at radius 3 is 2.92 bits per heavy atom. The summed E-state index contributed by atoms with van der Waals surface area (Å²) in [4.78, 5) is 14.0. The summed E-state index contributed by atoms with van der Waals surface area (Å²) in [6, 6.07) is 12.1. The molecular formula is C19H26N4O2. The number of carbonyl (C=O) groups excluding carboxylic acids is 1. The lowest BCUT2D eigenvalue weighted by Crippen LogP contribution is -2.41. The Bertz CT molecular complexity index is 686. The fourth-order valence-electron chi connectivity index (χ4n) is 3.45. The van der Waals surface area contributed by atoms with Gasteiger partial charge in [-0.3, -0.25) is 14.4 Å². The molecule has 2 heterocycles. The van der Waals surface area contributed by atoms with Crippen LogP contribution in [-0.2, 0) is 6.42 Å². The molecule has 1 amide bonds. The van der Waals surface area contributed by atoms with Gasteiger partial charge in [-0.05, 0) is 37.4 Å². The highest BCUT2D eigenvalue weighted by atomic mass is 16.3. The van der Waals surface area contributed by atoms with E-state index in [9.17, 15) is 9.90 Å². The molecule has 3 rings (SSSR count). The SMILES string of the molecule is CNC(=O)c1ccn([C@@H]2CCCN(C[C@@H](O)Cc3ccccc3)C2)n1. The first kappa shape index (κ1) is 17.6. The maximum atomic E-state index is 11.7. The van der Waals surface area contributed by atoms with Crippen molar-refractivity contribution in [3.8, 4) is 0 Å². The first-order valence-electron chi connectivity index (χ1n) is 8.87. The highest BCUT2D eigenvalue weighted by Crippen LogP contribution is 2.21. The van der Waals surface area contributed by atoms with E-state index in [-0.39, 0.29) is 18.1 Å². The van der Waals surface area contributed by atoms with Gasteiger partial charge in [-0.15, -0.1) is 0 Å². The Labute approximate surface area is 148 Å². The number of piperidine rings is 1. The van der Waals surface area contributed by atoms with Crippen LogP contribution in [0.15, 0.2) is 42.6 Å². The average molecular weight is 342 g/mol. The maximum Gasteiger partial charge on any atom is 0.271 e. The van der Waals surface area contributed by atoms with Gasteiger partial charge in [-0.1, -0.05) is 30.3 Å². The first-order valence-corrected chi connectivity index (χ1v) is 8.87. The zero-order chi connectivity index (χ0) is 17.6. The molecule has 0 radical (unpaired) electrons. The van der Waals surface area contributed by atoms with E-state index in [0.717, 1.165) is 31.5 Å². The zero-order valence-electron chi connectivity index (χ0n) is 14.6. The minimum atomic E-state index is -0.375. The van der Waals surface area contributed by atoms with Crippen molar-refractivity contribution in [1.29, 1.82) is 0 Å². The van der Waals surface area contributed by atoms with Gasteiger partial charge in [0.25, 0.3) is 5.91 Å². The molecular weight excluding hydrogens is 316 g/mol. The molecule has 6 heteroatoms. The fourth-order valence-corrected chi connectivity index (χ4v) is 3.45. The topological polar surface area (TPSA) is 70.4 Å². The minimum absolute atomic E-state index is 0.162. The van der Waals surface area contributed by atoms with E-state index >= 15 is 0 Å². The number of nitrogens with one attached hydrogen (secondary N) is 1. The molecule has 1 aromatic carbocycles. The minimum Gasteiger partial charge on any atom is -0.391 e. The van der Waals surface area contributed by atoms with Crippen LogP contribution in [0, 0.1) is 0 Å². The quantitative estimate of drug-likeness (QED) is 0.834. The van der Waals surface area contributed by atoms with Crippen LogP contribution >= 0.6 is 0 Å². The van der Waals surface area contributed by atoms with Crippen molar-refractivity contribution >= 4 is 5.91 Å². The highest BCUT2D eigenvalue weighted by molar-refractivity contribution is 5.91. The predicted octanol–water partition coefficient (Wildman–Crippen LogP) is 1.48. The molecule has 1 aliphatic heterocycles. The molecule has 0 bridgehead atoms. The monoisotopic (exact) mass is 342 g/mol. The van der Waals surface area contributed by atoms with Crippen molar-refractivity contribution in [2.45, 2.75) is 31.4 Å². The number of aliphatic hydroxyl groups excluding tert-OH is 1. The van der Waals surface area contributed by atoms with E-state index in [1.54, 1.807) is 13.1 Å². The van der Waals surface area contributed by atoms with Crippen molar-refractivity contribution in [2.75, 3.05) is 26.7 Å². The van der Waals surface area contributed by atoms with Gasteiger partial charge in [-0.25, -0.2) is 0 Å². The van der Waals surface area contributed by atoms with E-state index in [1.807, 2.05) is 41.2 Å². The Balaban J connectivity index is 1.55. The summed E-state index contributed by atoms with van der Waals surface area (Å²) in [5, 5.41) is 17.4. The molecule has 1 fully saturated rings. The van der Waals surface area contributed by atoms with Gasteiger partial charge in [0.2, 0.25) is 0 Å². The molecule has 1 aromatic heterocycles. The average Bonchev–Trinajstić information content (AvgIpc) is 3.12. The lowest BCUT2D eigenvalue weighted by molar-refractivity contribution is 0.0839. The number of hydrogen-bond donors (Lipinski definition) is 2. The Kier molecular flexibility index (Phi) is 5.83. The Morgan fingerprint density at radius 2 is 2.16 bits per heavy atom. The third kappa shape index (κ3) is 4.67. The lowest BCUT2D eigenvalue weighted by atomic mass is 10.0. The zero-order valence-corrected chi connectivity index (χ0v) is 14.6. The number of aliphatic hydroxyl groups is 1. The first-order chi connectivity index (χ1) is 12.2. The summed E-state index contributed by atoms with van der Waals surface area (Å²) < 4.78 is 1.89. The molecule has 0 saturated carbocycles. The van der Waals surface area contributed by atoms with Crippen LogP contribution < -0.4 is 5.32 Å². The molecule has 0 spiro atoms. The van der Waals surface area contributed by atoms with Gasteiger partial charge in [0, 0.05) is 26.3 Å². The number of aromatic nitrogens is 2. The summed E-state index contributed by atoms with van der Waals surface area (Å²) in [7, 11) is 1.61. The van der Waals surface area contributed by atoms with E-state index in [4.69, 9.17) is 0 Å². The predicted molar refractivity (Wildman–Crippen MR) is 96.5 cm³/mol. The number of rotatable bonds is 6. The normalized spacial score (nSPS) is 19.5. The molecule has 6 nitrogen and oxygen atoms in total. The largest absolute Gasteiger partial charge is 0.391 e. The van der Waals surface area contributed by atoms with Crippen LogP contribution in [-0.4, -0.2) is 58.5 Å². The second-order valence-corrected chi connectivity index (χ2v) is 6.66. The van der Waals surface area contributed by atoms with Crippen molar-refractivity contribution in [1.82, 2.24) is 20.0 Å². The van der Waals surface area contributed by atoms with Crippen LogP contribution in [0.2, 0.25) is 0 Å². The van der Waals surface area contributed by atoms with Crippen LogP contribution in [0.25, 0.3) is 0 Å². The third-order valence-corrected chi connectivity index (χ3v) is 4.71. The van der Waals surface area contributed by atoms with Gasteiger partial charge in [-0.2, -0.15) is 5.10 Å². The Hall–Kier alpha value is -2.18. The van der Waals surface area contributed by atoms with Crippen molar-refractivity contribution in [2.24, 2.45) is 0 Å². The van der Waals surface area contributed by atoms with E-state index in [1.165, 1.54) is 0 Å². The summed E-state index contributed by atoms with van der Waals surface area (Å²) in [6.07, 6.45) is 4.28. The number of amides is 1. The number of hydrogen-bond acceptors (Lipinski definition) is 4. The smallest absolute Gasteiger partial charge is 0.271 e. The molecule has 2 aromatic rings. The van der Waals surface area contributed by atoms with Gasteiger partial charge in [0.1, 0.15) is 5.69 Å². The van der Waals surface area contributed by atoms with E-state index in [2.05, 4.69) is 15.3 Å². The second-order valence-electron chi connectivity index (χ2n) is 6.66. The molecule has 0 unspecified atom stereocenters. The maximum absolute atomic E-state index is 11.7. The van der Waals surface area contributed by atoms with Crippen molar-refractivity contribution in [3.63, 3.8) is 0 Å². The summed E-state index contributed by atoms with van der Waals surface area (Å²) in [5.74, 6) is -0.162. The van der Waals surface area contributed by atoms with Gasteiger partial charge < -0.3 is 10.4 Å². The fraction of sp³-hybridized carbons (Fsp3) is 0.474. The second kappa shape index (κ2) is 8.27. The number of carbonyl (C=O) groups is 1. The van der Waals surface area contributed by atoms with E-state index in [0.29, 0.717) is 18.7 Å². The van der Waals surface area contributed by atoms with Crippen molar-refractivity contribution < 1.29 is 9.90 Å². The van der Waals surface area contributed by atoms with Crippen LogP contribution in [0.3, 0.4) is 0 Å². The molecule has 1 aliphatic rings. The molecule has 134 valence electrons. The number of nitrogens with zero attached hydrogens (tertiary/aromatic N) is 3. The van der Waals surface area contributed by atoms with Gasteiger partial charge in [0.05, 0.1) is 12.1 Å². The number of β-amino-alcohol motifs (C(OH)–C–C–N with tert-alkyl or cyclic N) is 1. The van der Waals surface area contributed by atoms with Gasteiger partial charge in [0.15, 0.2) is 0 Å². The standard InChI is InChI=1S/C19H26N4O2/c1-20-19(25)18-9-11-23(21-18)16-8-5-10-22(13-16)14-17(24)12-15-6-3-2-4-7-15/h2-4,6-7,9,11,16-17,24H,5,8,10,12-14H2,1H3,(H,20,25)/t16-,17+/m1/s1. The summed E-state index contributed by atoms with van der Waals surface area (Å²) >= 11 is 0. The van der Waals surface area contributed by atoms with Crippen LogP contribution in [0.5, 0.6) is 0 Å². The van der Waals surface area contributed by atoms with Crippen molar-refractivity contribution in [3.05, 3.63) is 53.9 Å². The van der Waals surface area contributed by atoms with Crippen LogP contribution in [0.1, 0.15) is 34.9 Å². The molecule has 1 saturated heterocycles. The lowest BCUT2D eigenvalue weighted by Gasteiger charge is -2.34. The third-order valence-electron chi connectivity index (χ3n) is 4.71. The summed E-state index contributed by atoms with van der Waals surface area (Å²) in [6.45, 7) is 2.50. The molecule has 0 aliphatic carbocycles. The van der Waals surface area contributed by atoms with Crippen LogP contribution in [0.4, 0.5) is 0 Å². The summed E-state index contributed by atoms with van der Waals surface area (Å²) in [5.41, 5.74) is 1.61. The highest BCUT2D eigenvalue weighted by Gasteiger charge is 2.24. The van der Waals surface area contributed by atoms with E-state index < -0.39 is 0 Å². The number of benzene rings is 1. The number of likely N-dealkylation sites (tertiary alicyclic amines) is 1. The molecule has 25 heavy (non-hydrogen) atoms. The van der Waals surface area contributed by atoms with Gasteiger partial charge >= 0.3 is 0 Å².